The molecule has 4 saturated carbocycles. The van der Waals surface area contributed by atoms with Crippen LogP contribution in [0.1, 0.15) is 79.1 Å². The third kappa shape index (κ3) is 3.33. The van der Waals surface area contributed by atoms with Crippen LogP contribution in [0.5, 0.6) is 0 Å². The molecule has 0 spiro atoms. The SMILES string of the molecule is CC.CC1CCC2C(C1)C(F)CC1C2CCC2(C)C(C(=O)CBr)CCC12. The summed E-state index contributed by atoms with van der Waals surface area (Å²) in [5.74, 6) is 4.14. The maximum Gasteiger partial charge on any atom is 0.147 e. The Morgan fingerprint density at radius 1 is 1.00 bits per heavy atom. The lowest BCUT2D eigenvalue weighted by molar-refractivity contribution is -0.130. The molecule has 0 heterocycles. The standard InChI is InChI=1S/C21H32BrFO.C2H6/c1-12-3-4-13-14-7-8-21(2)17(5-6-18(21)20(24)11-22)15(14)10-19(23)16(13)9-12;1-2/h12-19H,3-11H2,1-2H3;1-2H3. The number of carbonyl (C=O) groups excluding carboxylic acids is 1. The van der Waals surface area contributed by atoms with Gasteiger partial charge in [0.15, 0.2) is 0 Å². The summed E-state index contributed by atoms with van der Waals surface area (Å²) in [5.41, 5.74) is 0.139. The van der Waals surface area contributed by atoms with Crippen LogP contribution in [-0.4, -0.2) is 17.3 Å². The van der Waals surface area contributed by atoms with Crippen molar-refractivity contribution in [3.8, 4) is 0 Å². The van der Waals surface area contributed by atoms with Crippen LogP contribution in [0, 0.1) is 46.8 Å². The zero-order valence-electron chi connectivity index (χ0n) is 17.1. The van der Waals surface area contributed by atoms with Gasteiger partial charge >= 0.3 is 0 Å². The van der Waals surface area contributed by atoms with Gasteiger partial charge in [-0.2, -0.15) is 0 Å². The van der Waals surface area contributed by atoms with Crippen molar-refractivity contribution in [3.63, 3.8) is 0 Å². The number of Topliss-reactive ketones (excluding diaryl/α,β-unsaturated/α-hetero) is 1. The molecule has 0 aromatic rings. The van der Waals surface area contributed by atoms with E-state index in [0.29, 0.717) is 40.7 Å². The summed E-state index contributed by atoms with van der Waals surface area (Å²) in [5, 5.41) is 0.488. The molecule has 0 bridgehead atoms. The number of carbonyl (C=O) groups is 1. The lowest BCUT2D eigenvalue weighted by atomic mass is 9.49. The fraction of sp³-hybridized carbons (Fsp3) is 0.957. The molecule has 150 valence electrons. The van der Waals surface area contributed by atoms with Crippen LogP contribution < -0.4 is 0 Å². The molecule has 0 N–H and O–H groups in total. The van der Waals surface area contributed by atoms with Crippen molar-refractivity contribution in [2.24, 2.45) is 46.8 Å². The van der Waals surface area contributed by atoms with E-state index in [0.717, 1.165) is 31.6 Å². The molecular weight excluding hydrogens is 391 g/mol. The number of hydrogen-bond donors (Lipinski definition) is 0. The van der Waals surface area contributed by atoms with E-state index in [9.17, 15) is 4.79 Å². The molecule has 4 aliphatic rings. The summed E-state index contributed by atoms with van der Waals surface area (Å²) in [6, 6.07) is 0. The second-order valence-electron chi connectivity index (χ2n) is 9.71. The Morgan fingerprint density at radius 3 is 2.38 bits per heavy atom. The zero-order chi connectivity index (χ0) is 19.1. The summed E-state index contributed by atoms with van der Waals surface area (Å²) in [6.45, 7) is 8.66. The van der Waals surface area contributed by atoms with Crippen molar-refractivity contribution in [3.05, 3.63) is 0 Å². The Morgan fingerprint density at radius 2 is 1.69 bits per heavy atom. The summed E-state index contributed by atoms with van der Waals surface area (Å²) in [6.07, 6.45) is 8.48. The first-order chi connectivity index (χ1) is 12.5. The molecule has 0 aliphatic heterocycles. The third-order valence-electron chi connectivity index (χ3n) is 8.74. The largest absolute Gasteiger partial charge is 0.298 e. The second-order valence-corrected chi connectivity index (χ2v) is 10.3. The first-order valence-corrected chi connectivity index (χ1v) is 12.3. The first kappa shape index (κ1) is 20.8. The number of hydrogen-bond acceptors (Lipinski definition) is 1. The summed E-state index contributed by atoms with van der Waals surface area (Å²) >= 11 is 3.39. The number of alkyl halides is 2. The molecule has 9 unspecified atom stereocenters. The van der Waals surface area contributed by atoms with Gasteiger partial charge in [0, 0.05) is 5.92 Å². The highest BCUT2D eigenvalue weighted by Crippen LogP contribution is 2.64. The molecule has 3 heteroatoms. The van der Waals surface area contributed by atoms with Crippen LogP contribution in [0.25, 0.3) is 0 Å². The van der Waals surface area contributed by atoms with Gasteiger partial charge in [-0.1, -0.05) is 50.0 Å². The van der Waals surface area contributed by atoms with Gasteiger partial charge in [0.2, 0.25) is 0 Å². The molecule has 0 amide bonds. The molecule has 0 radical (unpaired) electrons. The number of fused-ring (bicyclic) bond motifs is 5. The number of halogens is 2. The lowest BCUT2D eigenvalue weighted by Crippen LogP contribution is -2.52. The minimum atomic E-state index is -0.590. The van der Waals surface area contributed by atoms with Crippen molar-refractivity contribution in [1.82, 2.24) is 0 Å². The minimum Gasteiger partial charge on any atom is -0.298 e. The highest BCUT2D eigenvalue weighted by atomic mass is 79.9. The predicted octanol–water partition coefficient (Wildman–Crippen LogP) is 6.83. The van der Waals surface area contributed by atoms with Crippen molar-refractivity contribution < 1.29 is 9.18 Å². The topological polar surface area (TPSA) is 17.1 Å². The maximum absolute atomic E-state index is 15.1. The summed E-state index contributed by atoms with van der Waals surface area (Å²) in [7, 11) is 0. The van der Waals surface area contributed by atoms with Gasteiger partial charge in [0.25, 0.3) is 0 Å². The van der Waals surface area contributed by atoms with Crippen LogP contribution in [0.4, 0.5) is 4.39 Å². The molecule has 4 rings (SSSR count). The van der Waals surface area contributed by atoms with Gasteiger partial charge in [-0.05, 0) is 85.9 Å². The molecular formula is C23H38BrFO. The van der Waals surface area contributed by atoms with Gasteiger partial charge in [-0.3, -0.25) is 4.79 Å². The molecule has 4 aliphatic carbocycles. The van der Waals surface area contributed by atoms with E-state index in [1.54, 1.807) is 0 Å². The Balaban J connectivity index is 0.000000948. The van der Waals surface area contributed by atoms with Crippen LogP contribution >= 0.6 is 15.9 Å². The molecule has 0 saturated heterocycles. The monoisotopic (exact) mass is 428 g/mol. The number of ketones is 1. The van der Waals surface area contributed by atoms with Gasteiger partial charge in [0.05, 0.1) is 5.33 Å². The van der Waals surface area contributed by atoms with Gasteiger partial charge < -0.3 is 0 Å². The van der Waals surface area contributed by atoms with Crippen LogP contribution in [-0.2, 0) is 4.79 Å². The van der Waals surface area contributed by atoms with Crippen molar-refractivity contribution in [1.29, 1.82) is 0 Å². The lowest BCUT2D eigenvalue weighted by Gasteiger charge is -2.56. The van der Waals surface area contributed by atoms with E-state index in [1.807, 2.05) is 13.8 Å². The van der Waals surface area contributed by atoms with Crippen molar-refractivity contribution >= 4 is 21.7 Å². The van der Waals surface area contributed by atoms with Crippen molar-refractivity contribution in [2.75, 3.05) is 5.33 Å². The quantitative estimate of drug-likeness (QED) is 0.440. The van der Waals surface area contributed by atoms with Gasteiger partial charge in [-0.15, -0.1) is 0 Å². The highest BCUT2D eigenvalue weighted by molar-refractivity contribution is 9.09. The third-order valence-corrected chi connectivity index (χ3v) is 9.29. The normalized spacial score (nSPS) is 49.9. The molecule has 0 aromatic heterocycles. The Bertz CT molecular complexity index is 508. The van der Waals surface area contributed by atoms with E-state index in [-0.39, 0.29) is 11.3 Å². The highest BCUT2D eigenvalue weighted by Gasteiger charge is 2.59. The van der Waals surface area contributed by atoms with Crippen LogP contribution in [0.15, 0.2) is 0 Å². The summed E-state index contributed by atoms with van der Waals surface area (Å²) in [4.78, 5) is 12.4. The van der Waals surface area contributed by atoms with E-state index < -0.39 is 6.17 Å². The molecule has 9 atom stereocenters. The van der Waals surface area contributed by atoms with E-state index in [2.05, 4.69) is 29.8 Å². The van der Waals surface area contributed by atoms with Gasteiger partial charge in [0.1, 0.15) is 12.0 Å². The predicted molar refractivity (Wildman–Crippen MR) is 110 cm³/mol. The Labute approximate surface area is 168 Å². The second kappa shape index (κ2) is 8.21. The summed E-state index contributed by atoms with van der Waals surface area (Å²) < 4.78 is 15.1. The van der Waals surface area contributed by atoms with Crippen LogP contribution in [0.3, 0.4) is 0 Å². The molecule has 4 fully saturated rings. The average Bonchev–Trinajstić information content (AvgIpc) is 3.00. The molecule has 1 nitrogen and oxygen atoms in total. The van der Waals surface area contributed by atoms with Gasteiger partial charge in [-0.25, -0.2) is 4.39 Å². The smallest absolute Gasteiger partial charge is 0.147 e. The maximum atomic E-state index is 15.1. The van der Waals surface area contributed by atoms with Crippen LogP contribution in [0.2, 0.25) is 0 Å². The Hall–Kier alpha value is 0.0800. The van der Waals surface area contributed by atoms with Crippen molar-refractivity contribution in [2.45, 2.75) is 85.2 Å². The van der Waals surface area contributed by atoms with E-state index >= 15 is 4.39 Å². The molecule has 26 heavy (non-hydrogen) atoms. The van der Waals surface area contributed by atoms with E-state index in [4.69, 9.17) is 0 Å². The average molecular weight is 429 g/mol. The molecule has 0 aromatic carbocycles. The first-order valence-electron chi connectivity index (χ1n) is 11.2. The van der Waals surface area contributed by atoms with E-state index in [1.165, 1.54) is 25.7 Å². The number of rotatable bonds is 2. The fourth-order valence-electron chi connectivity index (χ4n) is 7.64. The minimum absolute atomic E-state index is 0.139. The fourth-order valence-corrected chi connectivity index (χ4v) is 8.03. The Kier molecular flexibility index (Phi) is 6.57. The zero-order valence-corrected chi connectivity index (χ0v) is 18.7.